The topological polar surface area (TPSA) is 71.1 Å². The molecule has 0 saturated carbocycles. The molecule has 0 unspecified atom stereocenters. The minimum atomic E-state index is -3.32. The van der Waals surface area contributed by atoms with E-state index in [1.807, 2.05) is 25.1 Å². The smallest absolute Gasteiger partial charge is 0.234 e. The molecule has 0 radical (unpaired) electrons. The molecule has 1 aliphatic heterocycles. The van der Waals surface area contributed by atoms with E-state index in [9.17, 15) is 8.42 Å². The van der Waals surface area contributed by atoms with Crippen molar-refractivity contribution in [1.82, 2.24) is 10.3 Å². The van der Waals surface area contributed by atoms with Gasteiger partial charge in [0.25, 0.3) is 0 Å². The van der Waals surface area contributed by atoms with Crippen molar-refractivity contribution in [1.29, 1.82) is 0 Å². The van der Waals surface area contributed by atoms with Crippen molar-refractivity contribution < 1.29 is 8.42 Å². The Balaban J connectivity index is 1.73. The number of hydrogen-bond donors (Lipinski definition) is 2. The predicted molar refractivity (Wildman–Crippen MR) is 87.4 cm³/mol. The van der Waals surface area contributed by atoms with Gasteiger partial charge in [-0.05, 0) is 56.5 Å². The molecule has 2 aromatic rings. The van der Waals surface area contributed by atoms with E-state index in [0.717, 1.165) is 41.7 Å². The lowest BCUT2D eigenvalue weighted by Crippen LogP contribution is -2.33. The zero-order chi connectivity index (χ0) is 14.9. The monoisotopic (exact) mass is 325 g/mol. The summed E-state index contributed by atoms with van der Waals surface area (Å²) in [6.07, 6.45) is 1.83. The van der Waals surface area contributed by atoms with Crippen molar-refractivity contribution in [2.24, 2.45) is 5.92 Å². The van der Waals surface area contributed by atoms with E-state index >= 15 is 0 Å². The number of benzene rings is 1. The Kier molecular flexibility index (Phi) is 4.14. The molecule has 5 nitrogen and oxygen atoms in total. The highest BCUT2D eigenvalue weighted by atomic mass is 32.2. The van der Waals surface area contributed by atoms with Gasteiger partial charge in [-0.15, -0.1) is 0 Å². The number of hydrogen-bond acceptors (Lipinski definition) is 5. The maximum absolute atomic E-state index is 12.2. The molecular weight excluding hydrogens is 306 g/mol. The second kappa shape index (κ2) is 5.90. The van der Waals surface area contributed by atoms with E-state index < -0.39 is 10.0 Å². The fourth-order valence-corrected chi connectivity index (χ4v) is 5.32. The van der Waals surface area contributed by atoms with Gasteiger partial charge in [-0.25, -0.2) is 13.4 Å². The second-order valence-electron chi connectivity index (χ2n) is 5.57. The van der Waals surface area contributed by atoms with Crippen LogP contribution in [0.3, 0.4) is 0 Å². The van der Waals surface area contributed by atoms with Gasteiger partial charge in [0.05, 0.1) is 16.0 Å². The van der Waals surface area contributed by atoms with Crippen LogP contribution in [0.4, 0.5) is 5.13 Å². The number of nitrogens with zero attached hydrogens (tertiary/aromatic N) is 1. The summed E-state index contributed by atoms with van der Waals surface area (Å²) >= 11 is 1.39. The van der Waals surface area contributed by atoms with Crippen molar-refractivity contribution in [2.75, 3.05) is 23.6 Å². The minimum Gasteiger partial charge on any atom is -0.317 e. The van der Waals surface area contributed by atoms with Gasteiger partial charge in [-0.3, -0.25) is 4.72 Å². The molecule has 7 heteroatoms. The summed E-state index contributed by atoms with van der Waals surface area (Å²) in [5.74, 6) is 0.421. The highest BCUT2D eigenvalue weighted by molar-refractivity contribution is 7.92. The summed E-state index contributed by atoms with van der Waals surface area (Å²) in [6, 6.07) is 5.93. The molecule has 0 atom stereocenters. The van der Waals surface area contributed by atoms with Crippen LogP contribution >= 0.6 is 11.3 Å². The van der Waals surface area contributed by atoms with E-state index in [1.165, 1.54) is 11.3 Å². The number of nitrogens with one attached hydrogen (secondary N) is 2. The van der Waals surface area contributed by atoms with Crippen LogP contribution in [0.25, 0.3) is 10.2 Å². The molecule has 0 bridgehead atoms. The number of thiazole rings is 1. The lowest BCUT2D eigenvalue weighted by atomic mass is 10.0. The molecule has 1 saturated heterocycles. The van der Waals surface area contributed by atoms with Crippen LogP contribution in [0.5, 0.6) is 0 Å². The number of anilines is 1. The second-order valence-corrected chi connectivity index (χ2v) is 8.36. The largest absolute Gasteiger partial charge is 0.317 e. The van der Waals surface area contributed by atoms with Crippen LogP contribution in [0.15, 0.2) is 18.2 Å². The van der Waals surface area contributed by atoms with Gasteiger partial charge in [0.15, 0.2) is 5.13 Å². The lowest BCUT2D eigenvalue weighted by molar-refractivity contribution is 0.402. The first kappa shape index (κ1) is 14.7. The summed E-state index contributed by atoms with van der Waals surface area (Å²) in [7, 11) is -3.32. The molecule has 21 heavy (non-hydrogen) atoms. The maximum Gasteiger partial charge on any atom is 0.234 e. The van der Waals surface area contributed by atoms with Crippen molar-refractivity contribution in [3.05, 3.63) is 23.8 Å². The first-order valence-corrected chi connectivity index (χ1v) is 9.57. The molecule has 3 rings (SSSR count). The van der Waals surface area contributed by atoms with Gasteiger partial charge >= 0.3 is 0 Å². The van der Waals surface area contributed by atoms with E-state index in [4.69, 9.17) is 0 Å². The third-order valence-corrected chi connectivity index (χ3v) is 6.18. The van der Waals surface area contributed by atoms with E-state index in [2.05, 4.69) is 15.0 Å². The van der Waals surface area contributed by atoms with Crippen molar-refractivity contribution in [3.63, 3.8) is 0 Å². The Morgan fingerprint density at radius 2 is 2.14 bits per heavy atom. The molecule has 1 aromatic carbocycles. The van der Waals surface area contributed by atoms with Gasteiger partial charge in [-0.1, -0.05) is 17.4 Å². The summed E-state index contributed by atoms with van der Waals surface area (Å²) in [5.41, 5.74) is 1.99. The van der Waals surface area contributed by atoms with Gasteiger partial charge < -0.3 is 5.32 Å². The van der Waals surface area contributed by atoms with Gasteiger partial charge in [-0.2, -0.15) is 0 Å². The predicted octanol–water partition coefficient (Wildman–Crippen LogP) is 2.35. The first-order valence-electron chi connectivity index (χ1n) is 7.10. The Hall–Kier alpha value is -1.18. The Bertz CT molecular complexity index is 734. The summed E-state index contributed by atoms with van der Waals surface area (Å²) in [6.45, 7) is 3.82. The number of fused-ring (bicyclic) bond motifs is 1. The molecule has 1 aromatic heterocycles. The summed E-state index contributed by atoms with van der Waals surface area (Å²) in [5, 5.41) is 3.71. The first-order chi connectivity index (χ1) is 10.0. The zero-order valence-electron chi connectivity index (χ0n) is 11.9. The summed E-state index contributed by atoms with van der Waals surface area (Å²) < 4.78 is 28.1. The Morgan fingerprint density at radius 1 is 1.38 bits per heavy atom. The molecule has 0 amide bonds. The van der Waals surface area contributed by atoms with Crippen molar-refractivity contribution in [2.45, 2.75) is 19.8 Å². The average Bonchev–Trinajstić information content (AvgIpc) is 2.79. The zero-order valence-corrected chi connectivity index (χ0v) is 13.6. The fraction of sp³-hybridized carbons (Fsp3) is 0.500. The molecule has 1 aliphatic rings. The third-order valence-electron chi connectivity index (χ3n) is 3.70. The highest BCUT2D eigenvalue weighted by Crippen LogP contribution is 2.27. The molecule has 0 aliphatic carbocycles. The Labute approximate surface area is 128 Å². The quantitative estimate of drug-likeness (QED) is 0.905. The SMILES string of the molecule is Cc1ccc2nc(NS(=O)(=O)CC3CCNCC3)sc2c1. The molecule has 0 spiro atoms. The van der Waals surface area contributed by atoms with E-state index in [1.54, 1.807) is 0 Å². The number of aromatic nitrogens is 1. The number of rotatable bonds is 4. The van der Waals surface area contributed by atoms with Crippen LogP contribution < -0.4 is 10.0 Å². The maximum atomic E-state index is 12.2. The van der Waals surface area contributed by atoms with Crippen LogP contribution in [0.1, 0.15) is 18.4 Å². The molecule has 2 N–H and O–H groups in total. The van der Waals surface area contributed by atoms with E-state index in [0.29, 0.717) is 5.13 Å². The third kappa shape index (κ3) is 3.72. The number of aryl methyl sites for hydroxylation is 1. The van der Waals surface area contributed by atoms with Crippen LogP contribution in [0, 0.1) is 12.8 Å². The minimum absolute atomic E-state index is 0.184. The molecular formula is C14H19N3O2S2. The summed E-state index contributed by atoms with van der Waals surface area (Å²) in [4.78, 5) is 4.35. The molecule has 1 fully saturated rings. The standard InChI is InChI=1S/C14H19N3O2S2/c1-10-2-3-12-13(8-10)20-14(16-12)17-21(18,19)9-11-4-6-15-7-5-11/h2-3,8,11,15H,4-7,9H2,1H3,(H,16,17). The van der Waals surface area contributed by atoms with Crippen molar-refractivity contribution in [3.8, 4) is 0 Å². The van der Waals surface area contributed by atoms with Crippen molar-refractivity contribution >= 4 is 36.7 Å². The number of piperidine rings is 1. The van der Waals surface area contributed by atoms with Crippen LogP contribution in [-0.2, 0) is 10.0 Å². The fourth-order valence-electron chi connectivity index (χ4n) is 2.61. The van der Waals surface area contributed by atoms with Gasteiger partial charge in [0, 0.05) is 0 Å². The lowest BCUT2D eigenvalue weighted by Gasteiger charge is -2.22. The van der Waals surface area contributed by atoms with Gasteiger partial charge in [0.1, 0.15) is 0 Å². The van der Waals surface area contributed by atoms with Crippen LogP contribution in [-0.4, -0.2) is 32.2 Å². The molecule has 2 heterocycles. The Morgan fingerprint density at radius 3 is 2.90 bits per heavy atom. The highest BCUT2D eigenvalue weighted by Gasteiger charge is 2.22. The van der Waals surface area contributed by atoms with Crippen LogP contribution in [0.2, 0.25) is 0 Å². The molecule has 114 valence electrons. The average molecular weight is 325 g/mol. The number of sulfonamides is 1. The van der Waals surface area contributed by atoms with E-state index in [-0.39, 0.29) is 11.7 Å². The van der Waals surface area contributed by atoms with Gasteiger partial charge in [0.2, 0.25) is 10.0 Å². The normalized spacial score (nSPS) is 17.2.